The average molecular weight is 405 g/mol. The molecule has 0 saturated heterocycles. The molecule has 4 rings (SSSR count). The molecular formula is C27H48O2. The molecule has 29 heavy (non-hydrogen) atoms. The van der Waals surface area contributed by atoms with Crippen LogP contribution in [0.4, 0.5) is 0 Å². The van der Waals surface area contributed by atoms with Crippen molar-refractivity contribution in [3.8, 4) is 0 Å². The van der Waals surface area contributed by atoms with Crippen molar-refractivity contribution in [3.05, 3.63) is 0 Å². The summed E-state index contributed by atoms with van der Waals surface area (Å²) in [6.45, 7) is 14.7. The molecule has 0 aromatic heterocycles. The van der Waals surface area contributed by atoms with Crippen LogP contribution in [0.25, 0.3) is 0 Å². The Bertz CT molecular complexity index is 587. The Balaban J connectivity index is 1.65. The molecule has 2 N–H and O–H groups in total. The minimum Gasteiger partial charge on any atom is -0.393 e. The minimum atomic E-state index is -0.155. The van der Waals surface area contributed by atoms with Gasteiger partial charge in [0, 0.05) is 0 Å². The minimum absolute atomic E-state index is 0.146. The summed E-state index contributed by atoms with van der Waals surface area (Å²) in [5.74, 6) is 5.16. The monoisotopic (exact) mass is 404 g/mol. The molecule has 4 aliphatic rings. The van der Waals surface area contributed by atoms with Crippen LogP contribution in [0.1, 0.15) is 99.3 Å². The summed E-state index contributed by atoms with van der Waals surface area (Å²) >= 11 is 0. The van der Waals surface area contributed by atoms with Gasteiger partial charge in [0.25, 0.3) is 0 Å². The van der Waals surface area contributed by atoms with E-state index < -0.39 is 0 Å². The summed E-state index contributed by atoms with van der Waals surface area (Å²) in [6.07, 6.45) is 10.5. The van der Waals surface area contributed by atoms with E-state index in [1.54, 1.807) is 0 Å². The van der Waals surface area contributed by atoms with Gasteiger partial charge < -0.3 is 10.2 Å². The van der Waals surface area contributed by atoms with Gasteiger partial charge in [0.1, 0.15) is 0 Å². The van der Waals surface area contributed by atoms with Crippen molar-refractivity contribution >= 4 is 0 Å². The third kappa shape index (κ3) is 3.34. The average Bonchev–Trinajstić information content (AvgIpc) is 3.00. The van der Waals surface area contributed by atoms with Gasteiger partial charge in [-0.2, -0.15) is 0 Å². The van der Waals surface area contributed by atoms with Crippen LogP contribution in [0.5, 0.6) is 0 Å². The van der Waals surface area contributed by atoms with Gasteiger partial charge in [0.05, 0.1) is 12.2 Å². The molecule has 0 heterocycles. The Kier molecular flexibility index (Phi) is 5.95. The Morgan fingerprint density at radius 2 is 1.52 bits per heavy atom. The molecule has 0 radical (unpaired) electrons. The highest BCUT2D eigenvalue weighted by molar-refractivity contribution is 5.13. The van der Waals surface area contributed by atoms with E-state index in [1.165, 1.54) is 38.5 Å². The van der Waals surface area contributed by atoms with Crippen molar-refractivity contribution in [2.45, 2.75) is 112 Å². The molecule has 4 fully saturated rings. The molecule has 0 bridgehead atoms. The number of aliphatic hydroxyl groups excluding tert-OH is 2. The Hall–Kier alpha value is -0.0800. The second kappa shape index (κ2) is 7.80. The molecule has 168 valence electrons. The SMILES string of the molecule is CC[C@H]1[C@@H](O)[C@H]2C3CC[C@H]([C@H](C)CC(C)C)[C@@]3(C)CCC2[C@@]2(C)CC[C@@H](O)C[C@@H]12. The highest BCUT2D eigenvalue weighted by Crippen LogP contribution is 2.69. The van der Waals surface area contributed by atoms with Gasteiger partial charge in [0.15, 0.2) is 0 Å². The van der Waals surface area contributed by atoms with Crippen LogP contribution >= 0.6 is 0 Å². The number of hydrogen-bond acceptors (Lipinski definition) is 2. The molecule has 2 nitrogen and oxygen atoms in total. The lowest BCUT2D eigenvalue weighted by atomic mass is 9.41. The summed E-state index contributed by atoms with van der Waals surface area (Å²) in [7, 11) is 0. The fourth-order valence-corrected chi connectivity index (χ4v) is 9.84. The first-order valence-corrected chi connectivity index (χ1v) is 13.0. The second-order valence-corrected chi connectivity index (χ2v) is 12.7. The normalized spacial score (nSPS) is 53.3. The first kappa shape index (κ1) is 22.1. The van der Waals surface area contributed by atoms with Crippen molar-refractivity contribution < 1.29 is 10.2 Å². The summed E-state index contributed by atoms with van der Waals surface area (Å²) in [5.41, 5.74) is 0.749. The van der Waals surface area contributed by atoms with Gasteiger partial charge in [-0.3, -0.25) is 0 Å². The summed E-state index contributed by atoms with van der Waals surface area (Å²) in [6, 6.07) is 0. The molecular weight excluding hydrogens is 356 g/mol. The van der Waals surface area contributed by atoms with Crippen molar-refractivity contribution in [1.82, 2.24) is 0 Å². The number of aliphatic hydroxyl groups is 2. The maximum Gasteiger partial charge on any atom is 0.0605 e. The molecule has 0 aliphatic heterocycles. The van der Waals surface area contributed by atoms with Crippen molar-refractivity contribution in [2.75, 3.05) is 0 Å². The lowest BCUT2D eigenvalue weighted by Gasteiger charge is -2.64. The zero-order valence-electron chi connectivity index (χ0n) is 20.0. The Morgan fingerprint density at radius 3 is 2.17 bits per heavy atom. The highest BCUT2D eigenvalue weighted by atomic mass is 16.3. The van der Waals surface area contributed by atoms with Crippen LogP contribution in [-0.4, -0.2) is 22.4 Å². The van der Waals surface area contributed by atoms with Crippen LogP contribution in [-0.2, 0) is 0 Å². The van der Waals surface area contributed by atoms with Crippen LogP contribution < -0.4 is 0 Å². The van der Waals surface area contributed by atoms with Gasteiger partial charge in [-0.05, 0) is 110 Å². The first-order valence-electron chi connectivity index (χ1n) is 13.0. The molecule has 0 aromatic carbocycles. The van der Waals surface area contributed by atoms with Gasteiger partial charge >= 0.3 is 0 Å². The van der Waals surface area contributed by atoms with Gasteiger partial charge in [0.2, 0.25) is 0 Å². The predicted molar refractivity (Wildman–Crippen MR) is 120 cm³/mol. The van der Waals surface area contributed by atoms with E-state index >= 15 is 0 Å². The smallest absolute Gasteiger partial charge is 0.0605 e. The number of hydrogen-bond donors (Lipinski definition) is 2. The van der Waals surface area contributed by atoms with Crippen LogP contribution in [0.2, 0.25) is 0 Å². The largest absolute Gasteiger partial charge is 0.393 e. The van der Waals surface area contributed by atoms with Crippen LogP contribution in [0.15, 0.2) is 0 Å². The van der Waals surface area contributed by atoms with Crippen molar-refractivity contribution in [3.63, 3.8) is 0 Å². The van der Waals surface area contributed by atoms with E-state index in [0.717, 1.165) is 37.0 Å². The highest BCUT2D eigenvalue weighted by Gasteiger charge is 2.64. The van der Waals surface area contributed by atoms with Crippen molar-refractivity contribution in [1.29, 1.82) is 0 Å². The molecule has 0 spiro atoms. The van der Waals surface area contributed by atoms with Gasteiger partial charge in [-0.1, -0.05) is 48.0 Å². The summed E-state index contributed by atoms with van der Waals surface area (Å²) < 4.78 is 0. The van der Waals surface area contributed by atoms with Crippen molar-refractivity contribution in [2.24, 2.45) is 58.2 Å². The standard InChI is InChI=1S/C27H48O2/c1-7-19-23-15-18(28)10-12-27(23,6)22-11-13-26(5)20(17(4)14-16(2)3)8-9-21(26)24(22)25(19)29/h16-25,28-29H,7-15H2,1-6H3/t17-,18-,19-,20-,21?,22?,23+,24+,25-,26-,27-/m1/s1. The van der Waals surface area contributed by atoms with E-state index in [1.807, 2.05) is 0 Å². The van der Waals surface area contributed by atoms with Crippen LogP contribution in [0, 0.1) is 58.2 Å². The molecule has 4 saturated carbocycles. The lowest BCUT2D eigenvalue weighted by molar-refractivity contribution is -0.203. The second-order valence-electron chi connectivity index (χ2n) is 12.7. The van der Waals surface area contributed by atoms with Gasteiger partial charge in [-0.25, -0.2) is 0 Å². The van der Waals surface area contributed by atoms with E-state index in [4.69, 9.17) is 0 Å². The van der Waals surface area contributed by atoms with E-state index in [9.17, 15) is 10.2 Å². The third-order valence-electron chi connectivity index (χ3n) is 11.0. The first-order chi connectivity index (χ1) is 13.6. The number of rotatable bonds is 4. The van der Waals surface area contributed by atoms with Crippen LogP contribution in [0.3, 0.4) is 0 Å². The predicted octanol–water partition coefficient (Wildman–Crippen LogP) is 6.30. The molecule has 4 aliphatic carbocycles. The van der Waals surface area contributed by atoms with Gasteiger partial charge in [-0.15, -0.1) is 0 Å². The maximum absolute atomic E-state index is 11.8. The molecule has 11 atom stereocenters. The maximum atomic E-state index is 11.8. The van der Waals surface area contributed by atoms with E-state index in [0.29, 0.717) is 40.4 Å². The quantitative estimate of drug-likeness (QED) is 0.577. The number of fused-ring (bicyclic) bond motifs is 5. The molecule has 0 amide bonds. The fourth-order valence-electron chi connectivity index (χ4n) is 9.84. The summed E-state index contributed by atoms with van der Waals surface area (Å²) in [4.78, 5) is 0. The fraction of sp³-hybridized carbons (Fsp3) is 1.00. The summed E-state index contributed by atoms with van der Waals surface area (Å²) in [5, 5.41) is 22.2. The molecule has 0 aromatic rings. The Morgan fingerprint density at radius 1 is 0.862 bits per heavy atom. The third-order valence-corrected chi connectivity index (χ3v) is 11.0. The zero-order valence-corrected chi connectivity index (χ0v) is 20.0. The van der Waals surface area contributed by atoms with E-state index in [-0.39, 0.29) is 12.2 Å². The molecule has 2 unspecified atom stereocenters. The zero-order chi connectivity index (χ0) is 21.1. The lowest BCUT2D eigenvalue weighted by Crippen LogP contribution is -2.62. The topological polar surface area (TPSA) is 40.5 Å². The van der Waals surface area contributed by atoms with E-state index in [2.05, 4.69) is 41.5 Å². The molecule has 2 heteroatoms. The Labute approximate surface area is 180 Å².